The van der Waals surface area contributed by atoms with Crippen molar-refractivity contribution >= 4 is 29.1 Å². The molecule has 1 aliphatic rings. The summed E-state index contributed by atoms with van der Waals surface area (Å²) in [4.78, 5) is 26.7. The van der Waals surface area contributed by atoms with Crippen LogP contribution in [-0.4, -0.2) is 43.4 Å². The number of hydrogen-bond acceptors (Lipinski definition) is 4. The Balaban J connectivity index is 2.04. The van der Waals surface area contributed by atoms with E-state index < -0.39 is 23.7 Å². The number of anilines is 3. The Hall–Kier alpha value is -3.13. The molecule has 0 bridgehead atoms. The Kier molecular flexibility index (Phi) is 10.3. The minimum absolute atomic E-state index is 0.123. The number of carboxylic acids is 1. The first kappa shape index (κ1) is 28.4. The molecule has 37 heavy (non-hydrogen) atoms. The van der Waals surface area contributed by atoms with Crippen LogP contribution in [0.25, 0.3) is 0 Å². The van der Waals surface area contributed by atoms with Crippen LogP contribution in [-0.2, 0) is 9.53 Å². The molecule has 7 nitrogen and oxygen atoms in total. The zero-order valence-electron chi connectivity index (χ0n) is 22.4. The molecule has 3 rings (SSSR count). The number of aliphatic carboxylic acids is 1. The van der Waals surface area contributed by atoms with Gasteiger partial charge in [-0.15, -0.1) is 0 Å². The van der Waals surface area contributed by atoms with Gasteiger partial charge in [0.2, 0.25) is 0 Å². The summed E-state index contributed by atoms with van der Waals surface area (Å²) in [5.74, 6) is -1.74. The fourth-order valence-corrected chi connectivity index (χ4v) is 5.06. The second-order valence-electron chi connectivity index (χ2n) is 10.4. The average molecular weight is 514 g/mol. The molecule has 0 spiro atoms. The van der Waals surface area contributed by atoms with E-state index in [1.54, 1.807) is 18.2 Å². The number of carbonyl (C=O) groups is 2. The second-order valence-corrected chi connectivity index (χ2v) is 10.4. The molecule has 1 unspecified atom stereocenters. The van der Waals surface area contributed by atoms with E-state index in [-0.39, 0.29) is 25.0 Å². The number of aryl methyl sites for hydroxylation is 1. The molecule has 2 aromatic rings. The van der Waals surface area contributed by atoms with Crippen molar-refractivity contribution in [1.82, 2.24) is 0 Å². The molecular weight excluding hydrogens is 473 g/mol. The SMILES string of the molecule is COCC(CC(=O)O)c1cc(F)c(N(CC(C)C)C2CCCCC2)c(NC(=O)Nc2ccc(C)cc2)c1. The predicted octanol–water partition coefficient (Wildman–Crippen LogP) is 6.78. The van der Waals surface area contributed by atoms with Gasteiger partial charge in [-0.25, -0.2) is 9.18 Å². The van der Waals surface area contributed by atoms with E-state index in [1.165, 1.54) is 19.6 Å². The van der Waals surface area contributed by atoms with Crippen molar-refractivity contribution < 1.29 is 23.8 Å². The highest BCUT2D eigenvalue weighted by Gasteiger charge is 2.29. The van der Waals surface area contributed by atoms with Crippen molar-refractivity contribution in [3.05, 3.63) is 53.3 Å². The van der Waals surface area contributed by atoms with Gasteiger partial charge in [0.25, 0.3) is 0 Å². The van der Waals surface area contributed by atoms with E-state index in [1.807, 2.05) is 19.1 Å². The summed E-state index contributed by atoms with van der Waals surface area (Å²) in [5.41, 5.74) is 2.86. The van der Waals surface area contributed by atoms with Crippen LogP contribution in [0.1, 0.15) is 69.4 Å². The topological polar surface area (TPSA) is 90.9 Å². The molecular formula is C29H40FN3O4. The highest BCUT2D eigenvalue weighted by molar-refractivity contribution is 6.02. The molecule has 1 atom stereocenters. The fourth-order valence-electron chi connectivity index (χ4n) is 5.06. The standard InChI is InChI=1S/C29H40FN3O4/c1-19(2)17-33(24-8-6-5-7-9-24)28-25(30)14-21(22(18-37-4)16-27(34)35)15-26(28)32-29(36)31-23-12-10-20(3)11-13-23/h10-15,19,22,24H,5-9,16-18H2,1-4H3,(H,34,35)(H2,31,32,36). The van der Waals surface area contributed by atoms with E-state index in [4.69, 9.17) is 4.74 Å². The summed E-state index contributed by atoms with van der Waals surface area (Å²) in [6.45, 7) is 6.93. The average Bonchev–Trinajstić information content (AvgIpc) is 2.84. The lowest BCUT2D eigenvalue weighted by molar-refractivity contribution is -0.137. The van der Waals surface area contributed by atoms with Crippen LogP contribution in [0.2, 0.25) is 0 Å². The van der Waals surface area contributed by atoms with Crippen LogP contribution in [0.4, 0.5) is 26.2 Å². The maximum atomic E-state index is 16.0. The van der Waals surface area contributed by atoms with Gasteiger partial charge in [0.15, 0.2) is 0 Å². The van der Waals surface area contributed by atoms with Crippen LogP contribution in [0.3, 0.4) is 0 Å². The largest absolute Gasteiger partial charge is 0.481 e. The number of hydrogen-bond donors (Lipinski definition) is 3. The smallest absolute Gasteiger partial charge is 0.323 e. The quantitative estimate of drug-likeness (QED) is 0.308. The van der Waals surface area contributed by atoms with E-state index in [0.29, 0.717) is 29.2 Å². The summed E-state index contributed by atoms with van der Waals surface area (Å²) in [6.07, 6.45) is 5.07. The zero-order chi connectivity index (χ0) is 26.9. The van der Waals surface area contributed by atoms with E-state index in [0.717, 1.165) is 31.2 Å². The number of nitrogens with zero attached hydrogens (tertiary/aromatic N) is 1. The molecule has 0 aromatic heterocycles. The van der Waals surface area contributed by atoms with Gasteiger partial charge in [-0.3, -0.25) is 4.79 Å². The minimum Gasteiger partial charge on any atom is -0.481 e. The van der Waals surface area contributed by atoms with E-state index >= 15 is 4.39 Å². The normalized spacial score (nSPS) is 14.9. The molecule has 202 valence electrons. The number of halogens is 1. The first-order valence-corrected chi connectivity index (χ1v) is 13.1. The summed E-state index contributed by atoms with van der Waals surface area (Å²) in [6, 6.07) is 10.2. The van der Waals surface area contributed by atoms with Gasteiger partial charge in [0.1, 0.15) is 5.82 Å². The molecule has 2 amide bonds. The number of nitrogens with one attached hydrogen (secondary N) is 2. The first-order chi connectivity index (χ1) is 17.7. The monoisotopic (exact) mass is 513 g/mol. The first-order valence-electron chi connectivity index (χ1n) is 13.1. The maximum Gasteiger partial charge on any atom is 0.323 e. The Morgan fingerprint density at radius 1 is 1.11 bits per heavy atom. The van der Waals surface area contributed by atoms with Crippen LogP contribution in [0, 0.1) is 18.7 Å². The number of carbonyl (C=O) groups excluding carboxylic acids is 1. The second kappa shape index (κ2) is 13.4. The number of amides is 2. The number of rotatable bonds is 11. The van der Waals surface area contributed by atoms with Crippen molar-refractivity contribution in [2.75, 3.05) is 35.8 Å². The molecule has 1 fully saturated rings. The van der Waals surface area contributed by atoms with Crippen molar-refractivity contribution in [3.8, 4) is 0 Å². The lowest BCUT2D eigenvalue weighted by Gasteiger charge is -2.39. The summed E-state index contributed by atoms with van der Waals surface area (Å²) < 4.78 is 21.3. The lowest BCUT2D eigenvalue weighted by Crippen LogP contribution is -2.40. The number of carboxylic acid groups (broad SMARTS) is 1. The van der Waals surface area contributed by atoms with Crippen molar-refractivity contribution in [3.63, 3.8) is 0 Å². The van der Waals surface area contributed by atoms with Crippen LogP contribution < -0.4 is 15.5 Å². The van der Waals surface area contributed by atoms with Crippen LogP contribution in [0.5, 0.6) is 0 Å². The zero-order valence-corrected chi connectivity index (χ0v) is 22.4. The maximum absolute atomic E-state index is 16.0. The molecule has 0 aliphatic heterocycles. The van der Waals surface area contributed by atoms with E-state index in [2.05, 4.69) is 29.4 Å². The van der Waals surface area contributed by atoms with E-state index in [9.17, 15) is 14.7 Å². The van der Waals surface area contributed by atoms with Gasteiger partial charge in [0, 0.05) is 31.3 Å². The molecule has 2 aromatic carbocycles. The van der Waals surface area contributed by atoms with Gasteiger partial charge in [-0.05, 0) is 55.5 Å². The molecule has 3 N–H and O–H groups in total. The Labute approximate surface area is 219 Å². The number of methoxy groups -OCH3 is 1. The van der Waals surface area contributed by atoms with Crippen LogP contribution in [0.15, 0.2) is 36.4 Å². The molecule has 1 aliphatic carbocycles. The molecule has 8 heteroatoms. The Bertz CT molecular complexity index is 1050. The highest BCUT2D eigenvalue weighted by atomic mass is 19.1. The highest BCUT2D eigenvalue weighted by Crippen LogP contribution is 2.38. The third-order valence-corrected chi connectivity index (χ3v) is 6.77. The van der Waals surface area contributed by atoms with Gasteiger partial charge in [0.05, 0.1) is 24.4 Å². The third-order valence-electron chi connectivity index (χ3n) is 6.77. The fraction of sp³-hybridized carbons (Fsp3) is 0.517. The Morgan fingerprint density at radius 3 is 2.38 bits per heavy atom. The van der Waals surface area contributed by atoms with Crippen LogP contribution >= 0.6 is 0 Å². The third kappa shape index (κ3) is 8.18. The molecule has 1 saturated carbocycles. The molecule has 0 heterocycles. The minimum atomic E-state index is -0.998. The predicted molar refractivity (Wildman–Crippen MR) is 146 cm³/mol. The van der Waals surface area contributed by atoms with Gasteiger partial charge < -0.3 is 25.4 Å². The molecule has 0 radical (unpaired) electrons. The van der Waals surface area contributed by atoms with Crippen molar-refractivity contribution in [2.45, 2.75) is 71.3 Å². The van der Waals surface area contributed by atoms with Gasteiger partial charge in [-0.1, -0.05) is 50.8 Å². The number of benzene rings is 2. The van der Waals surface area contributed by atoms with Crippen molar-refractivity contribution in [2.24, 2.45) is 5.92 Å². The summed E-state index contributed by atoms with van der Waals surface area (Å²) in [5, 5.41) is 15.1. The summed E-state index contributed by atoms with van der Waals surface area (Å²) >= 11 is 0. The molecule has 0 saturated heterocycles. The number of ether oxygens (including phenoxy) is 1. The Morgan fingerprint density at radius 2 is 1.78 bits per heavy atom. The van der Waals surface area contributed by atoms with Gasteiger partial charge >= 0.3 is 12.0 Å². The van der Waals surface area contributed by atoms with Crippen molar-refractivity contribution in [1.29, 1.82) is 0 Å². The van der Waals surface area contributed by atoms with Gasteiger partial charge in [-0.2, -0.15) is 0 Å². The number of urea groups is 1. The lowest BCUT2D eigenvalue weighted by atomic mass is 9.91. The summed E-state index contributed by atoms with van der Waals surface area (Å²) in [7, 11) is 1.49.